The number of ether oxygens (including phenoxy) is 3. The average Bonchev–Trinajstić information content (AvgIpc) is 3.48. The maximum absolute atomic E-state index is 13.0. The Bertz CT molecular complexity index is 1570. The fraction of sp³-hybridized carbons (Fsp3) is 0.208. The van der Waals surface area contributed by atoms with Gasteiger partial charge in [-0.15, -0.1) is 5.10 Å². The predicted octanol–water partition coefficient (Wildman–Crippen LogP) is 2.99. The van der Waals surface area contributed by atoms with Gasteiger partial charge in [0.05, 0.1) is 32.6 Å². The van der Waals surface area contributed by atoms with Gasteiger partial charge in [0.2, 0.25) is 11.7 Å². The number of hydrogen-bond acceptors (Lipinski definition) is 9. The molecule has 0 unspecified atom stereocenters. The third-order valence-corrected chi connectivity index (χ3v) is 5.52. The van der Waals surface area contributed by atoms with Crippen LogP contribution >= 0.6 is 0 Å². The molecule has 0 amide bonds. The maximum atomic E-state index is 13.0. The number of benzene rings is 2. The minimum atomic E-state index is -0.356. The number of aryl methyl sites for hydroxylation is 1. The van der Waals surface area contributed by atoms with Crippen LogP contribution in [-0.2, 0) is 6.54 Å². The summed E-state index contributed by atoms with van der Waals surface area (Å²) < 4.78 is 24.1. The van der Waals surface area contributed by atoms with Crippen molar-refractivity contribution in [3.63, 3.8) is 0 Å². The van der Waals surface area contributed by atoms with E-state index in [-0.39, 0.29) is 18.1 Å². The highest BCUT2D eigenvalue weighted by Gasteiger charge is 2.19. The normalized spacial score (nSPS) is 11.1. The topological polar surface area (TPSA) is 119 Å². The van der Waals surface area contributed by atoms with Gasteiger partial charge < -0.3 is 18.7 Å². The first-order chi connectivity index (χ1) is 17.0. The average molecular weight is 474 g/mol. The van der Waals surface area contributed by atoms with Crippen molar-refractivity contribution in [2.24, 2.45) is 0 Å². The Kier molecular flexibility index (Phi) is 5.65. The molecule has 0 radical (unpaired) electrons. The fourth-order valence-electron chi connectivity index (χ4n) is 3.83. The quantitative estimate of drug-likeness (QED) is 0.351. The molecule has 11 nitrogen and oxygen atoms in total. The molecule has 35 heavy (non-hydrogen) atoms. The maximum Gasteiger partial charge on any atom is 0.352 e. The molecule has 0 saturated heterocycles. The molecule has 0 aliphatic carbocycles. The molecular formula is C24H22N6O5. The van der Waals surface area contributed by atoms with Gasteiger partial charge >= 0.3 is 5.69 Å². The zero-order chi connectivity index (χ0) is 24.5. The van der Waals surface area contributed by atoms with Crippen molar-refractivity contribution < 1.29 is 18.7 Å². The van der Waals surface area contributed by atoms with E-state index in [4.69, 9.17) is 18.7 Å². The molecule has 0 spiro atoms. The van der Waals surface area contributed by atoms with Crippen molar-refractivity contribution in [2.75, 3.05) is 21.3 Å². The van der Waals surface area contributed by atoms with Gasteiger partial charge in [0.25, 0.3) is 0 Å². The lowest BCUT2D eigenvalue weighted by atomic mass is 10.1. The van der Waals surface area contributed by atoms with Crippen molar-refractivity contribution in [1.29, 1.82) is 0 Å². The van der Waals surface area contributed by atoms with Crippen LogP contribution in [0.15, 0.2) is 57.8 Å². The SMILES string of the molecule is COc1ccc(-c2cc3nn(Cc4nc(-c5cccc(OC)c5OC)no4)c(=O)n3c(C)n2)cc1. The highest BCUT2D eigenvalue weighted by Crippen LogP contribution is 2.36. The Morgan fingerprint density at radius 1 is 0.971 bits per heavy atom. The van der Waals surface area contributed by atoms with Crippen LogP contribution in [-0.4, -0.2) is 50.6 Å². The number of aromatic nitrogens is 6. The molecule has 0 N–H and O–H groups in total. The lowest BCUT2D eigenvalue weighted by molar-refractivity contribution is 0.354. The molecule has 0 fully saturated rings. The third kappa shape index (κ3) is 3.97. The van der Waals surface area contributed by atoms with Gasteiger partial charge in [0.15, 0.2) is 17.1 Å². The molecule has 3 aromatic heterocycles. The number of para-hydroxylation sites is 1. The van der Waals surface area contributed by atoms with E-state index in [9.17, 15) is 4.79 Å². The second-order valence-corrected chi connectivity index (χ2v) is 7.60. The lowest BCUT2D eigenvalue weighted by Crippen LogP contribution is -2.23. The summed E-state index contributed by atoms with van der Waals surface area (Å²) in [6, 6.07) is 14.6. The first kappa shape index (κ1) is 22.1. The number of hydrogen-bond donors (Lipinski definition) is 0. The van der Waals surface area contributed by atoms with Gasteiger partial charge in [-0.1, -0.05) is 11.2 Å². The van der Waals surface area contributed by atoms with Crippen molar-refractivity contribution in [1.82, 2.24) is 29.3 Å². The number of fused-ring (bicyclic) bond motifs is 1. The summed E-state index contributed by atoms with van der Waals surface area (Å²) in [7, 11) is 4.70. The molecule has 5 rings (SSSR count). The molecule has 11 heteroatoms. The predicted molar refractivity (Wildman–Crippen MR) is 126 cm³/mol. The molecule has 178 valence electrons. The lowest BCUT2D eigenvalue weighted by Gasteiger charge is -2.09. The number of rotatable bonds is 7. The molecule has 0 aliphatic heterocycles. The molecule has 5 aromatic rings. The van der Waals surface area contributed by atoms with Gasteiger partial charge in [-0.2, -0.15) is 4.98 Å². The molecule has 3 heterocycles. The zero-order valence-corrected chi connectivity index (χ0v) is 19.6. The van der Waals surface area contributed by atoms with Gasteiger partial charge in [0.1, 0.15) is 18.1 Å². The third-order valence-electron chi connectivity index (χ3n) is 5.52. The van der Waals surface area contributed by atoms with Crippen LogP contribution in [0.1, 0.15) is 11.7 Å². The summed E-state index contributed by atoms with van der Waals surface area (Å²) in [5.74, 6) is 2.82. The molecule has 0 saturated carbocycles. The summed E-state index contributed by atoms with van der Waals surface area (Å²) in [6.45, 7) is 1.75. The Morgan fingerprint density at radius 3 is 2.49 bits per heavy atom. The largest absolute Gasteiger partial charge is 0.497 e. The summed E-state index contributed by atoms with van der Waals surface area (Å²) >= 11 is 0. The van der Waals surface area contributed by atoms with Crippen molar-refractivity contribution in [2.45, 2.75) is 13.5 Å². The van der Waals surface area contributed by atoms with Gasteiger partial charge in [-0.05, 0) is 43.3 Å². The molecule has 0 atom stereocenters. The van der Waals surface area contributed by atoms with Crippen molar-refractivity contribution in [3.05, 3.63) is 70.7 Å². The van der Waals surface area contributed by atoms with Crippen LogP contribution in [0.3, 0.4) is 0 Å². The summed E-state index contributed by atoms with van der Waals surface area (Å²) in [4.78, 5) is 22.0. The first-order valence-corrected chi connectivity index (χ1v) is 10.7. The van der Waals surface area contributed by atoms with E-state index < -0.39 is 0 Å². The summed E-state index contributed by atoms with van der Waals surface area (Å²) in [5, 5.41) is 8.50. The van der Waals surface area contributed by atoms with Crippen LogP contribution < -0.4 is 19.9 Å². The molecular weight excluding hydrogens is 452 g/mol. The first-order valence-electron chi connectivity index (χ1n) is 10.7. The Hall–Kier alpha value is -4.67. The Morgan fingerprint density at radius 2 is 1.77 bits per heavy atom. The number of methoxy groups -OCH3 is 3. The fourth-order valence-corrected chi connectivity index (χ4v) is 3.83. The van der Waals surface area contributed by atoms with Crippen molar-refractivity contribution in [3.8, 4) is 39.9 Å². The van der Waals surface area contributed by atoms with Gasteiger partial charge in [-0.3, -0.25) is 0 Å². The minimum absolute atomic E-state index is 0.00287. The molecule has 2 aromatic carbocycles. The highest BCUT2D eigenvalue weighted by atomic mass is 16.5. The van der Waals surface area contributed by atoms with Crippen LogP contribution in [0, 0.1) is 6.92 Å². The van der Waals surface area contributed by atoms with E-state index in [1.54, 1.807) is 45.4 Å². The Balaban J connectivity index is 1.48. The number of nitrogens with zero attached hydrogens (tertiary/aromatic N) is 6. The van der Waals surface area contributed by atoms with Crippen LogP contribution in [0.5, 0.6) is 17.2 Å². The minimum Gasteiger partial charge on any atom is -0.497 e. The summed E-state index contributed by atoms with van der Waals surface area (Å²) in [6.07, 6.45) is 0. The second kappa shape index (κ2) is 8.93. The van der Waals surface area contributed by atoms with E-state index in [1.807, 2.05) is 24.3 Å². The standard InChI is InChI=1S/C24H22N6O5/c1-14-25-18(15-8-10-16(32-2)11-9-15)12-20-27-29(24(31)30(14)20)13-21-26-23(28-35-21)17-6-5-7-19(33-3)22(17)34-4/h5-12H,13H2,1-4H3. The highest BCUT2D eigenvalue weighted by molar-refractivity contribution is 5.68. The van der Waals surface area contributed by atoms with E-state index in [1.165, 1.54) is 16.2 Å². The summed E-state index contributed by atoms with van der Waals surface area (Å²) in [5.41, 5.74) is 2.29. The van der Waals surface area contributed by atoms with Crippen LogP contribution in [0.25, 0.3) is 28.3 Å². The van der Waals surface area contributed by atoms with E-state index in [0.29, 0.717) is 40.1 Å². The molecule has 0 bridgehead atoms. The van der Waals surface area contributed by atoms with Crippen LogP contribution in [0.2, 0.25) is 0 Å². The molecule has 0 aliphatic rings. The smallest absolute Gasteiger partial charge is 0.352 e. The van der Waals surface area contributed by atoms with Crippen molar-refractivity contribution >= 4 is 5.65 Å². The van der Waals surface area contributed by atoms with Gasteiger partial charge in [0, 0.05) is 11.6 Å². The van der Waals surface area contributed by atoms with E-state index in [2.05, 4.69) is 20.2 Å². The monoisotopic (exact) mass is 474 g/mol. The van der Waals surface area contributed by atoms with E-state index in [0.717, 1.165) is 11.3 Å². The zero-order valence-electron chi connectivity index (χ0n) is 19.6. The van der Waals surface area contributed by atoms with E-state index >= 15 is 0 Å². The van der Waals surface area contributed by atoms with Gasteiger partial charge in [-0.25, -0.2) is 18.9 Å². The van der Waals surface area contributed by atoms with Crippen LogP contribution in [0.4, 0.5) is 0 Å². The Labute approximate surface area is 199 Å². The second-order valence-electron chi connectivity index (χ2n) is 7.60.